The number of guanidine groups is 1. The molecule has 1 aromatic rings. The molecule has 0 saturated carbocycles. The van der Waals surface area contributed by atoms with Gasteiger partial charge in [0, 0.05) is 45.9 Å². The van der Waals surface area contributed by atoms with Crippen molar-refractivity contribution in [1.29, 1.82) is 0 Å². The van der Waals surface area contributed by atoms with Crippen LogP contribution in [0.25, 0.3) is 0 Å². The van der Waals surface area contributed by atoms with Crippen molar-refractivity contribution in [2.24, 2.45) is 10.9 Å². The lowest BCUT2D eigenvalue weighted by molar-refractivity contribution is 0.0392. The molecule has 0 atom stereocenters. The van der Waals surface area contributed by atoms with Gasteiger partial charge >= 0.3 is 0 Å². The van der Waals surface area contributed by atoms with Gasteiger partial charge in [-0.3, -0.25) is 9.89 Å². The highest BCUT2D eigenvalue weighted by Gasteiger charge is 2.17. The Bertz CT molecular complexity index is 592. The summed E-state index contributed by atoms with van der Waals surface area (Å²) in [6.45, 7) is 9.49. The fourth-order valence-corrected chi connectivity index (χ4v) is 3.25. The molecule has 0 amide bonds. The van der Waals surface area contributed by atoms with Crippen molar-refractivity contribution in [3.8, 4) is 5.75 Å². The third-order valence-corrected chi connectivity index (χ3v) is 5.12. The molecule has 29 heavy (non-hydrogen) atoms. The molecule has 1 heterocycles. The monoisotopic (exact) mass is 518 g/mol. The second-order valence-electron chi connectivity index (χ2n) is 7.86. The van der Waals surface area contributed by atoms with E-state index in [2.05, 4.69) is 53.6 Å². The van der Waals surface area contributed by atoms with E-state index in [0.717, 1.165) is 63.8 Å². The Labute approximate surface area is 193 Å². The van der Waals surface area contributed by atoms with Gasteiger partial charge in [0.2, 0.25) is 0 Å². The smallest absolute Gasteiger partial charge is 0.191 e. The summed E-state index contributed by atoms with van der Waals surface area (Å²) in [6.07, 6.45) is 3.36. The standard InChI is InChI=1S/C22H38N4O2.HI/c1-18(2)8-11-24-22(23-3)25-17-19-6-5-7-21(16-19)28-15-12-26(4)20-9-13-27-14-10-20;/h5-7,16,18,20H,8-15,17H2,1-4H3,(H2,23,24,25);1H. The summed E-state index contributed by atoms with van der Waals surface area (Å²) in [5, 5.41) is 6.72. The fourth-order valence-electron chi connectivity index (χ4n) is 3.25. The van der Waals surface area contributed by atoms with Crippen LogP contribution in [0.15, 0.2) is 29.3 Å². The Morgan fingerprint density at radius 1 is 1.28 bits per heavy atom. The number of halogens is 1. The molecular weight excluding hydrogens is 479 g/mol. The Kier molecular flexibility index (Phi) is 13.3. The number of benzene rings is 1. The summed E-state index contributed by atoms with van der Waals surface area (Å²) in [6, 6.07) is 8.89. The maximum absolute atomic E-state index is 5.99. The van der Waals surface area contributed by atoms with Crippen molar-refractivity contribution in [3.63, 3.8) is 0 Å². The fraction of sp³-hybridized carbons (Fsp3) is 0.682. The lowest BCUT2D eigenvalue weighted by Crippen LogP contribution is -2.38. The molecule has 2 N–H and O–H groups in total. The quantitative estimate of drug-likeness (QED) is 0.282. The van der Waals surface area contributed by atoms with Crippen molar-refractivity contribution in [2.75, 3.05) is 47.0 Å². The molecule has 7 heteroatoms. The van der Waals surface area contributed by atoms with Crippen molar-refractivity contribution >= 4 is 29.9 Å². The molecule has 0 unspecified atom stereocenters. The van der Waals surface area contributed by atoms with Crippen molar-refractivity contribution in [3.05, 3.63) is 29.8 Å². The summed E-state index contributed by atoms with van der Waals surface area (Å²) in [7, 11) is 3.98. The molecule has 1 saturated heterocycles. The Morgan fingerprint density at radius 3 is 2.72 bits per heavy atom. The molecule has 1 fully saturated rings. The Morgan fingerprint density at radius 2 is 2.03 bits per heavy atom. The van der Waals surface area contributed by atoms with Gasteiger partial charge in [-0.1, -0.05) is 26.0 Å². The third kappa shape index (κ3) is 10.5. The van der Waals surface area contributed by atoms with Crippen LogP contribution >= 0.6 is 24.0 Å². The molecule has 6 nitrogen and oxygen atoms in total. The molecule has 0 aliphatic carbocycles. The van der Waals surface area contributed by atoms with Gasteiger partial charge in [0.25, 0.3) is 0 Å². The number of likely N-dealkylation sites (N-methyl/N-ethyl adjacent to an activating group) is 1. The van der Waals surface area contributed by atoms with Gasteiger partial charge < -0.3 is 20.1 Å². The first kappa shape index (κ1) is 26.0. The van der Waals surface area contributed by atoms with E-state index in [0.29, 0.717) is 18.6 Å². The topological polar surface area (TPSA) is 58.1 Å². The summed E-state index contributed by atoms with van der Waals surface area (Å²) in [4.78, 5) is 6.67. The summed E-state index contributed by atoms with van der Waals surface area (Å²) in [5.41, 5.74) is 1.18. The van der Waals surface area contributed by atoms with E-state index < -0.39 is 0 Å². The van der Waals surface area contributed by atoms with Crippen LogP contribution in [0.5, 0.6) is 5.75 Å². The largest absolute Gasteiger partial charge is 0.492 e. The van der Waals surface area contributed by atoms with Gasteiger partial charge in [-0.15, -0.1) is 24.0 Å². The van der Waals surface area contributed by atoms with Gasteiger partial charge in [-0.2, -0.15) is 0 Å². The number of aliphatic imine (C=N–C) groups is 1. The minimum Gasteiger partial charge on any atom is -0.492 e. The molecule has 0 aromatic heterocycles. The van der Waals surface area contributed by atoms with Gasteiger partial charge in [-0.25, -0.2) is 0 Å². The molecule has 1 aliphatic rings. The Hall–Kier alpha value is -1.06. The van der Waals surface area contributed by atoms with Crippen LogP contribution in [-0.2, 0) is 11.3 Å². The lowest BCUT2D eigenvalue weighted by Gasteiger charge is -2.31. The van der Waals surface area contributed by atoms with E-state index in [1.165, 1.54) is 5.56 Å². The number of hydrogen-bond donors (Lipinski definition) is 2. The van der Waals surface area contributed by atoms with E-state index in [1.54, 1.807) is 7.05 Å². The van der Waals surface area contributed by atoms with Crippen molar-refractivity contribution in [2.45, 2.75) is 45.7 Å². The van der Waals surface area contributed by atoms with Crippen LogP contribution < -0.4 is 15.4 Å². The molecule has 0 bridgehead atoms. The van der Waals surface area contributed by atoms with E-state index in [1.807, 2.05) is 12.1 Å². The zero-order valence-corrected chi connectivity index (χ0v) is 20.8. The first-order valence-electron chi connectivity index (χ1n) is 10.5. The highest BCUT2D eigenvalue weighted by molar-refractivity contribution is 14.0. The first-order chi connectivity index (χ1) is 13.6. The van der Waals surface area contributed by atoms with Crippen LogP contribution in [0, 0.1) is 5.92 Å². The van der Waals surface area contributed by atoms with Crippen LogP contribution in [-0.4, -0.2) is 63.9 Å². The number of ether oxygens (including phenoxy) is 2. The molecular formula is C22H39IN4O2. The maximum atomic E-state index is 5.99. The SMILES string of the molecule is CN=C(NCCC(C)C)NCc1cccc(OCCN(C)C2CCOCC2)c1.I. The molecule has 166 valence electrons. The third-order valence-electron chi connectivity index (χ3n) is 5.12. The lowest BCUT2D eigenvalue weighted by atomic mass is 10.1. The predicted octanol–water partition coefficient (Wildman–Crippen LogP) is 3.51. The molecule has 0 spiro atoms. The van der Waals surface area contributed by atoms with Crippen LogP contribution in [0.1, 0.15) is 38.7 Å². The molecule has 0 radical (unpaired) electrons. The second kappa shape index (κ2) is 14.8. The van der Waals surface area contributed by atoms with E-state index in [-0.39, 0.29) is 24.0 Å². The maximum Gasteiger partial charge on any atom is 0.191 e. The second-order valence-corrected chi connectivity index (χ2v) is 7.86. The minimum atomic E-state index is 0. The molecule has 2 rings (SSSR count). The number of hydrogen-bond acceptors (Lipinski definition) is 4. The van der Waals surface area contributed by atoms with Crippen LogP contribution in [0.3, 0.4) is 0 Å². The average Bonchev–Trinajstić information content (AvgIpc) is 2.71. The summed E-state index contributed by atoms with van der Waals surface area (Å²) >= 11 is 0. The van der Waals surface area contributed by atoms with Gasteiger partial charge in [0.15, 0.2) is 5.96 Å². The van der Waals surface area contributed by atoms with Crippen LogP contribution in [0.4, 0.5) is 0 Å². The first-order valence-corrected chi connectivity index (χ1v) is 10.5. The van der Waals surface area contributed by atoms with Gasteiger partial charge in [0.1, 0.15) is 12.4 Å². The number of rotatable bonds is 10. The van der Waals surface area contributed by atoms with Crippen LogP contribution in [0.2, 0.25) is 0 Å². The molecule has 1 aliphatic heterocycles. The van der Waals surface area contributed by atoms with Crippen molar-refractivity contribution in [1.82, 2.24) is 15.5 Å². The minimum absolute atomic E-state index is 0. The zero-order chi connectivity index (χ0) is 20.2. The molecule has 1 aromatic carbocycles. The summed E-state index contributed by atoms with van der Waals surface area (Å²) < 4.78 is 11.4. The average molecular weight is 518 g/mol. The van der Waals surface area contributed by atoms with E-state index >= 15 is 0 Å². The predicted molar refractivity (Wildman–Crippen MR) is 131 cm³/mol. The normalized spacial score (nSPS) is 15.3. The summed E-state index contributed by atoms with van der Waals surface area (Å²) in [5.74, 6) is 2.44. The van der Waals surface area contributed by atoms with Gasteiger partial charge in [-0.05, 0) is 49.9 Å². The highest BCUT2D eigenvalue weighted by Crippen LogP contribution is 2.15. The van der Waals surface area contributed by atoms with E-state index in [4.69, 9.17) is 9.47 Å². The van der Waals surface area contributed by atoms with Crippen molar-refractivity contribution < 1.29 is 9.47 Å². The number of nitrogens with one attached hydrogen (secondary N) is 2. The van der Waals surface area contributed by atoms with Gasteiger partial charge in [0.05, 0.1) is 0 Å². The zero-order valence-electron chi connectivity index (χ0n) is 18.4. The highest BCUT2D eigenvalue weighted by atomic mass is 127. The number of nitrogens with zero attached hydrogens (tertiary/aromatic N) is 2. The Balaban J connectivity index is 0.00000420. The van der Waals surface area contributed by atoms with E-state index in [9.17, 15) is 0 Å².